The van der Waals surface area contributed by atoms with Gasteiger partial charge in [-0.2, -0.15) is 11.0 Å². The molecule has 0 bridgehead atoms. The van der Waals surface area contributed by atoms with E-state index in [9.17, 15) is 48.9 Å². The van der Waals surface area contributed by atoms with Crippen LogP contribution in [0.2, 0.25) is 0 Å². The smallest absolute Gasteiger partial charge is 0.871 e. The van der Waals surface area contributed by atoms with E-state index in [2.05, 4.69) is 17.6 Å². The Balaban J connectivity index is 0.00000937. The maximum atomic E-state index is 14.5. The number of hydrogen-bond acceptors (Lipinski definition) is 14. The van der Waals surface area contributed by atoms with Crippen LogP contribution in [0.4, 0.5) is 26.2 Å². The van der Waals surface area contributed by atoms with Crippen LogP contribution in [-0.4, -0.2) is 83.8 Å². The van der Waals surface area contributed by atoms with Crippen LogP contribution in [0.1, 0.15) is 75.7 Å². The van der Waals surface area contributed by atoms with E-state index >= 15 is 0 Å². The minimum absolute atomic E-state index is 0. The molecule has 0 fully saturated rings. The summed E-state index contributed by atoms with van der Waals surface area (Å²) in [6, 6.07) is 17.2. The van der Waals surface area contributed by atoms with Crippen molar-refractivity contribution in [3.8, 4) is 23.0 Å². The van der Waals surface area contributed by atoms with Gasteiger partial charge >= 0.3 is 35.7 Å². The molecule has 1 aliphatic carbocycles. The maximum absolute atomic E-state index is 14.5. The van der Waals surface area contributed by atoms with Gasteiger partial charge in [-0.3, -0.25) is 34.6 Å². The van der Waals surface area contributed by atoms with Crippen LogP contribution in [-0.2, 0) is 24.5 Å². The molecule has 2 N–H and O–H groups in total. The summed E-state index contributed by atoms with van der Waals surface area (Å²) in [4.78, 5) is 73.4. The van der Waals surface area contributed by atoms with Crippen molar-refractivity contribution < 1.29 is 96.3 Å². The van der Waals surface area contributed by atoms with E-state index in [1.54, 1.807) is 36.4 Å². The standard InChI is InChI=1S/C50H52FN5O14.Na/c1-7-38(48(60)52-22-24-68-42-28-40(56(64)65)35(26-41(42)67-6)29(2)69-49(61)70-34-19-15-32(16-20-34)55(62)63)53-44(57)11-9-8-10-23-54-39-21-14-31(51)25-37(39)50(3,4)43(54)27-36-46(58)45(47(36)59)30-12-17-33(66-5)18-13-30;/h12-21,25-29,38,58H,1,7-11,22-24H2,2-6H3,(H,52,60)(H,53,57);/q;+1/p-1. The largest absolute Gasteiger partial charge is 1.00 e. The molecule has 19 nitrogen and oxygen atoms in total. The Labute approximate surface area is 430 Å². The van der Waals surface area contributed by atoms with Crippen molar-refractivity contribution in [3.05, 3.63) is 146 Å². The molecule has 2 unspecified atom stereocenters. The number of Topliss-reactive ketones (excluding diaryl/α,β-unsaturated/α-hetero) is 1. The first-order valence-corrected chi connectivity index (χ1v) is 22.1. The molecular formula is C50H51FN5NaO14. The van der Waals surface area contributed by atoms with E-state index in [1.165, 1.54) is 51.5 Å². The zero-order chi connectivity index (χ0) is 50.9. The van der Waals surface area contributed by atoms with Crippen LogP contribution in [0.25, 0.3) is 5.57 Å². The zero-order valence-electron chi connectivity index (χ0n) is 40.0. The van der Waals surface area contributed by atoms with Gasteiger partial charge in [-0.05, 0) is 81.6 Å². The Morgan fingerprint density at radius 3 is 2.21 bits per heavy atom. The number of nitro groups is 2. The molecule has 0 saturated heterocycles. The van der Waals surface area contributed by atoms with Crippen LogP contribution >= 0.6 is 0 Å². The van der Waals surface area contributed by atoms with Crippen LogP contribution in [0.5, 0.6) is 23.0 Å². The van der Waals surface area contributed by atoms with Gasteiger partial charge in [0.05, 0.1) is 53.7 Å². The third-order valence-electron chi connectivity index (χ3n) is 11.8. The molecule has 71 heavy (non-hydrogen) atoms. The van der Waals surface area contributed by atoms with Crippen molar-refractivity contribution in [2.24, 2.45) is 0 Å². The number of non-ortho nitro benzene ring substituents is 1. The second-order valence-corrected chi connectivity index (χ2v) is 16.7. The van der Waals surface area contributed by atoms with E-state index < -0.39 is 51.0 Å². The van der Waals surface area contributed by atoms with Gasteiger partial charge in [0.2, 0.25) is 17.5 Å². The molecule has 0 radical (unpaired) electrons. The van der Waals surface area contributed by atoms with Gasteiger partial charge in [-0.25, -0.2) is 9.18 Å². The molecule has 2 atom stereocenters. The van der Waals surface area contributed by atoms with Gasteiger partial charge in [0, 0.05) is 53.8 Å². The number of carbonyl (C=O) groups is 4. The summed E-state index contributed by atoms with van der Waals surface area (Å²) in [7, 11) is 2.82. The molecule has 1 heterocycles. The zero-order valence-corrected chi connectivity index (χ0v) is 42.0. The fourth-order valence-electron chi connectivity index (χ4n) is 8.06. The van der Waals surface area contributed by atoms with Crippen LogP contribution in [0.3, 0.4) is 0 Å². The number of methoxy groups -OCH3 is 2. The Kier molecular flexibility index (Phi) is 18.6. The number of ketones is 1. The second kappa shape index (κ2) is 24.1. The van der Waals surface area contributed by atoms with Crippen molar-refractivity contribution in [1.29, 1.82) is 0 Å². The Hall–Kier alpha value is -7.16. The van der Waals surface area contributed by atoms with E-state index in [0.29, 0.717) is 48.4 Å². The van der Waals surface area contributed by atoms with E-state index in [-0.39, 0.29) is 113 Å². The molecule has 368 valence electrons. The van der Waals surface area contributed by atoms with Gasteiger partial charge in [-0.15, -0.1) is 0 Å². The summed E-state index contributed by atoms with van der Waals surface area (Å²) < 4.78 is 43.1. The van der Waals surface area contributed by atoms with Crippen molar-refractivity contribution >= 4 is 52.1 Å². The number of amides is 2. The molecule has 0 spiro atoms. The average Bonchev–Trinajstić information content (AvgIpc) is 3.54. The normalized spacial score (nSPS) is 14.9. The van der Waals surface area contributed by atoms with Crippen molar-refractivity contribution in [2.45, 2.75) is 70.4 Å². The quantitative estimate of drug-likeness (QED) is 0.0130. The summed E-state index contributed by atoms with van der Waals surface area (Å²) in [5.74, 6) is -1.53. The van der Waals surface area contributed by atoms with Crippen LogP contribution in [0.15, 0.2) is 96.3 Å². The molecule has 2 aliphatic rings. The molecule has 1 aliphatic heterocycles. The molecule has 4 aromatic carbocycles. The fraction of sp³-hybridized carbons (Fsp3) is 0.320. The first-order chi connectivity index (χ1) is 33.4. The number of nitrogens with zero attached hydrogens (tertiary/aromatic N) is 3. The second-order valence-electron chi connectivity index (χ2n) is 16.7. The monoisotopic (exact) mass is 987 g/mol. The number of unbranched alkanes of at least 4 members (excludes halogenated alkanes) is 2. The number of ether oxygens (including phenoxy) is 5. The SMILES string of the molecule is [CH2-]CC(NC(=O)CCCCC[N+]1=C(C=C2C(=O)C(c3ccc(OC)cc3)=C2[O-])C(C)(C)c2cc(F)ccc21)C(=O)NCCOc1cc([N+](=O)[O-])c(C(C)OC(=O)Oc2ccc([N+](=O)[O-])cc2)cc1OC.[Na+]. The number of carbonyl (C=O) groups excluding carboxylic acids is 4. The number of nitro benzene ring substituents is 2. The summed E-state index contributed by atoms with van der Waals surface area (Å²) in [5.41, 5.74) is 1.27. The third kappa shape index (κ3) is 12.8. The molecular weight excluding hydrogens is 937 g/mol. The third-order valence-corrected chi connectivity index (χ3v) is 11.8. The Morgan fingerprint density at radius 1 is 0.901 bits per heavy atom. The summed E-state index contributed by atoms with van der Waals surface area (Å²) >= 11 is 0. The van der Waals surface area contributed by atoms with Crippen LogP contribution in [0, 0.1) is 33.0 Å². The van der Waals surface area contributed by atoms with Crippen LogP contribution < -0.4 is 64.2 Å². The summed E-state index contributed by atoms with van der Waals surface area (Å²) in [6.45, 7) is 9.19. The van der Waals surface area contributed by atoms with Crippen molar-refractivity contribution in [2.75, 3.05) is 33.9 Å². The Bertz CT molecular complexity index is 2790. The van der Waals surface area contributed by atoms with Gasteiger partial charge in [0.25, 0.3) is 11.4 Å². The minimum atomic E-state index is -1.22. The molecule has 0 saturated carbocycles. The van der Waals surface area contributed by atoms with Gasteiger partial charge in [0.1, 0.15) is 36.6 Å². The average molecular weight is 988 g/mol. The van der Waals surface area contributed by atoms with E-state index in [4.69, 9.17) is 23.7 Å². The number of hydrogen-bond donors (Lipinski definition) is 2. The number of fused-ring (bicyclic) bond motifs is 1. The van der Waals surface area contributed by atoms with Crippen molar-refractivity contribution in [3.63, 3.8) is 0 Å². The van der Waals surface area contributed by atoms with Gasteiger partial charge in [0.15, 0.2) is 23.0 Å². The number of nitrogens with one attached hydrogen (secondary N) is 2. The predicted molar refractivity (Wildman–Crippen MR) is 249 cm³/mol. The molecule has 2 amide bonds. The number of halogens is 1. The first kappa shape index (κ1) is 54.8. The maximum Gasteiger partial charge on any atom is 1.00 e. The minimum Gasteiger partial charge on any atom is -0.871 e. The van der Waals surface area contributed by atoms with Gasteiger partial charge < -0.3 is 46.3 Å². The van der Waals surface area contributed by atoms with Crippen molar-refractivity contribution in [1.82, 2.24) is 10.6 Å². The molecule has 0 aromatic heterocycles. The number of rotatable bonds is 22. The van der Waals surface area contributed by atoms with E-state index in [0.717, 1.165) is 23.9 Å². The molecule has 21 heteroatoms. The number of allylic oxidation sites excluding steroid dienone is 3. The predicted octanol–water partition coefficient (Wildman–Crippen LogP) is 4.06. The molecule has 6 rings (SSSR count). The van der Waals surface area contributed by atoms with Gasteiger partial charge in [-0.1, -0.05) is 17.9 Å². The summed E-state index contributed by atoms with van der Waals surface area (Å²) in [5, 5.41) is 41.7. The molecule has 4 aromatic rings. The number of benzene rings is 4. The first-order valence-electron chi connectivity index (χ1n) is 22.1. The Morgan fingerprint density at radius 2 is 1.59 bits per heavy atom. The summed E-state index contributed by atoms with van der Waals surface area (Å²) in [6.07, 6.45) is 0.972. The topological polar surface area (TPSA) is 251 Å². The van der Waals surface area contributed by atoms with E-state index in [1.807, 2.05) is 18.4 Å². The fourth-order valence-corrected chi connectivity index (χ4v) is 8.06.